The van der Waals surface area contributed by atoms with Crippen LogP contribution in [-0.2, 0) is 5.41 Å². The minimum atomic E-state index is -4.31. The number of aliphatic hydroxyl groups is 1. The van der Waals surface area contributed by atoms with E-state index in [9.17, 15) is 27.1 Å². The van der Waals surface area contributed by atoms with Crippen molar-refractivity contribution in [2.45, 2.75) is 51.1 Å². The van der Waals surface area contributed by atoms with Crippen molar-refractivity contribution < 1.29 is 27.1 Å². The Morgan fingerprint density at radius 2 is 1.70 bits per heavy atom. The van der Waals surface area contributed by atoms with Gasteiger partial charge in [0.05, 0.1) is 6.10 Å². The number of hydrogen-bond donors (Lipinski definition) is 1. The van der Waals surface area contributed by atoms with Gasteiger partial charge < -0.3 is 5.11 Å². The molecule has 0 saturated heterocycles. The molecule has 1 atom stereocenters. The lowest BCUT2D eigenvalue weighted by Crippen LogP contribution is -2.29. The molecule has 20 heavy (non-hydrogen) atoms. The van der Waals surface area contributed by atoms with Gasteiger partial charge in [0.25, 0.3) is 0 Å². The topological polar surface area (TPSA) is 20.2 Å². The van der Waals surface area contributed by atoms with Crippen LogP contribution in [0.2, 0.25) is 0 Å². The van der Waals surface area contributed by atoms with Crippen molar-refractivity contribution in [2.75, 3.05) is 0 Å². The van der Waals surface area contributed by atoms with Gasteiger partial charge in [-0.2, -0.15) is 0 Å². The Labute approximate surface area is 114 Å². The number of aliphatic hydroxyl groups excluding tert-OH is 1. The second-order valence-electron chi connectivity index (χ2n) is 5.77. The van der Waals surface area contributed by atoms with Gasteiger partial charge in [-0.05, 0) is 22.6 Å². The van der Waals surface area contributed by atoms with Crippen molar-refractivity contribution in [2.24, 2.45) is 0 Å². The Bertz CT molecular complexity index is 465. The quantitative estimate of drug-likeness (QED) is 0.814. The fraction of sp³-hybridized carbons (Fsp3) is 0.571. The molecule has 6 heteroatoms. The molecular formula is C14H17F5O. The number of rotatable bonds is 4. The molecule has 0 bridgehead atoms. The monoisotopic (exact) mass is 296 g/mol. The maximum atomic E-state index is 13.9. The van der Waals surface area contributed by atoms with Gasteiger partial charge in [-0.15, -0.1) is 0 Å². The Balaban J connectivity index is 2.97. The molecule has 114 valence electrons. The summed E-state index contributed by atoms with van der Waals surface area (Å²) >= 11 is 0. The zero-order valence-electron chi connectivity index (χ0n) is 11.4. The molecule has 1 aromatic carbocycles. The molecule has 0 spiro atoms. The first-order chi connectivity index (χ1) is 8.95. The summed E-state index contributed by atoms with van der Waals surface area (Å²) in [6.45, 7) is 5.31. The average Bonchev–Trinajstić information content (AvgIpc) is 2.26. The molecule has 1 rings (SSSR count). The van der Waals surface area contributed by atoms with Gasteiger partial charge in [0.2, 0.25) is 0 Å². The number of hydrogen-bond acceptors (Lipinski definition) is 1. The summed E-state index contributed by atoms with van der Waals surface area (Å²) in [5.74, 6) is -4.96. The van der Waals surface area contributed by atoms with E-state index in [-0.39, 0.29) is 5.56 Å². The minimum Gasteiger partial charge on any atom is -0.388 e. The summed E-state index contributed by atoms with van der Waals surface area (Å²) in [7, 11) is 0. The summed E-state index contributed by atoms with van der Waals surface area (Å²) in [5, 5.41) is 9.54. The van der Waals surface area contributed by atoms with Gasteiger partial charge in [-0.3, -0.25) is 0 Å². The van der Waals surface area contributed by atoms with E-state index in [0.29, 0.717) is 5.56 Å². The molecule has 0 amide bonds. The number of benzene rings is 1. The van der Waals surface area contributed by atoms with Crippen LogP contribution >= 0.6 is 0 Å². The molecule has 1 nitrogen and oxygen atoms in total. The molecule has 0 aliphatic heterocycles. The SMILES string of the molecule is CC(C)(C)c1ccc(C(O)CC(F)(F)C(F)F)cc1F. The zero-order chi connectivity index (χ0) is 15.7. The van der Waals surface area contributed by atoms with E-state index in [1.54, 1.807) is 20.8 Å². The Morgan fingerprint density at radius 3 is 2.10 bits per heavy atom. The maximum absolute atomic E-state index is 13.9. The molecular weight excluding hydrogens is 279 g/mol. The average molecular weight is 296 g/mol. The molecule has 0 aliphatic carbocycles. The maximum Gasteiger partial charge on any atom is 0.310 e. The number of alkyl halides is 4. The van der Waals surface area contributed by atoms with Crippen LogP contribution in [0.1, 0.15) is 44.4 Å². The molecule has 1 unspecified atom stereocenters. The standard InChI is InChI=1S/C14H17F5O/c1-13(2,3)9-5-4-8(6-10(9)15)11(20)7-14(18,19)12(16)17/h4-6,11-12,20H,7H2,1-3H3. The molecule has 0 saturated carbocycles. The highest BCUT2D eigenvalue weighted by Crippen LogP contribution is 2.34. The first kappa shape index (κ1) is 16.9. The van der Waals surface area contributed by atoms with Crippen molar-refractivity contribution in [1.82, 2.24) is 0 Å². The van der Waals surface area contributed by atoms with E-state index in [0.717, 1.165) is 6.07 Å². The Morgan fingerprint density at radius 1 is 1.15 bits per heavy atom. The summed E-state index contributed by atoms with van der Waals surface area (Å²) in [6.07, 6.45) is -7.16. The van der Waals surface area contributed by atoms with Crippen molar-refractivity contribution in [1.29, 1.82) is 0 Å². The molecule has 0 fully saturated rings. The van der Waals surface area contributed by atoms with Crippen LogP contribution in [0.25, 0.3) is 0 Å². The molecule has 1 N–H and O–H groups in total. The van der Waals surface area contributed by atoms with Gasteiger partial charge >= 0.3 is 12.3 Å². The van der Waals surface area contributed by atoms with Crippen LogP contribution < -0.4 is 0 Å². The second-order valence-corrected chi connectivity index (χ2v) is 5.77. The molecule has 0 aliphatic rings. The smallest absolute Gasteiger partial charge is 0.310 e. The van der Waals surface area contributed by atoms with E-state index in [4.69, 9.17) is 0 Å². The number of halogens is 5. The third kappa shape index (κ3) is 3.91. The van der Waals surface area contributed by atoms with Crippen LogP contribution in [-0.4, -0.2) is 17.5 Å². The molecule has 0 radical (unpaired) electrons. The van der Waals surface area contributed by atoms with Crippen molar-refractivity contribution in [3.05, 3.63) is 35.1 Å². The normalized spacial score (nSPS) is 14.7. The highest BCUT2D eigenvalue weighted by molar-refractivity contribution is 5.30. The summed E-state index contributed by atoms with van der Waals surface area (Å²) in [5.41, 5.74) is -0.273. The van der Waals surface area contributed by atoms with Gasteiger partial charge in [0.15, 0.2) is 0 Å². The largest absolute Gasteiger partial charge is 0.388 e. The lowest BCUT2D eigenvalue weighted by molar-refractivity contribution is -0.149. The van der Waals surface area contributed by atoms with Crippen molar-refractivity contribution in [3.63, 3.8) is 0 Å². The van der Waals surface area contributed by atoms with Crippen LogP contribution in [0.3, 0.4) is 0 Å². The van der Waals surface area contributed by atoms with Gasteiger partial charge in [0.1, 0.15) is 5.82 Å². The zero-order valence-corrected chi connectivity index (χ0v) is 11.4. The molecule has 0 aromatic heterocycles. The lowest BCUT2D eigenvalue weighted by Gasteiger charge is -2.22. The minimum absolute atomic E-state index is 0.143. The molecule has 1 aromatic rings. The lowest BCUT2D eigenvalue weighted by atomic mass is 9.85. The van der Waals surface area contributed by atoms with E-state index in [2.05, 4.69) is 0 Å². The second kappa shape index (κ2) is 5.68. The van der Waals surface area contributed by atoms with Crippen LogP contribution in [0.4, 0.5) is 22.0 Å². The van der Waals surface area contributed by atoms with Crippen LogP contribution in [0, 0.1) is 5.82 Å². The summed E-state index contributed by atoms with van der Waals surface area (Å²) < 4.78 is 63.7. The highest BCUT2D eigenvalue weighted by atomic mass is 19.3. The van der Waals surface area contributed by atoms with Crippen molar-refractivity contribution in [3.8, 4) is 0 Å². The van der Waals surface area contributed by atoms with Crippen LogP contribution in [0.15, 0.2) is 18.2 Å². The highest BCUT2D eigenvalue weighted by Gasteiger charge is 2.42. The summed E-state index contributed by atoms with van der Waals surface area (Å²) in [4.78, 5) is 0. The predicted octanol–water partition coefficient (Wildman–Crippen LogP) is 4.45. The van der Waals surface area contributed by atoms with Gasteiger partial charge in [0, 0.05) is 6.42 Å². The fourth-order valence-corrected chi connectivity index (χ4v) is 1.81. The van der Waals surface area contributed by atoms with Crippen molar-refractivity contribution >= 4 is 0 Å². The first-order valence-corrected chi connectivity index (χ1v) is 6.09. The third-order valence-corrected chi connectivity index (χ3v) is 2.97. The fourth-order valence-electron chi connectivity index (χ4n) is 1.81. The van der Waals surface area contributed by atoms with E-state index < -0.39 is 36.1 Å². The van der Waals surface area contributed by atoms with Gasteiger partial charge in [-0.1, -0.05) is 32.9 Å². The summed E-state index contributed by atoms with van der Waals surface area (Å²) in [6, 6.07) is 3.55. The van der Waals surface area contributed by atoms with Gasteiger partial charge in [-0.25, -0.2) is 22.0 Å². The van der Waals surface area contributed by atoms with E-state index in [1.807, 2.05) is 0 Å². The van der Waals surface area contributed by atoms with Crippen LogP contribution in [0.5, 0.6) is 0 Å². The van der Waals surface area contributed by atoms with E-state index in [1.165, 1.54) is 12.1 Å². The predicted molar refractivity (Wildman–Crippen MR) is 65.6 cm³/mol. The first-order valence-electron chi connectivity index (χ1n) is 6.09. The Hall–Kier alpha value is -1.17. The third-order valence-electron chi connectivity index (χ3n) is 2.97. The molecule has 0 heterocycles. The Kier molecular flexibility index (Phi) is 4.79. The van der Waals surface area contributed by atoms with E-state index >= 15 is 0 Å².